The van der Waals surface area contributed by atoms with E-state index < -0.39 is 9.84 Å². The zero-order valence-corrected chi connectivity index (χ0v) is 19.5. The fourth-order valence-electron chi connectivity index (χ4n) is 3.85. The molecule has 0 bridgehead atoms. The number of amides is 1. The number of carbonyl (C=O) groups is 1. The summed E-state index contributed by atoms with van der Waals surface area (Å²) in [6, 6.07) is 16.8. The van der Waals surface area contributed by atoms with Crippen LogP contribution >= 0.6 is 11.8 Å². The summed E-state index contributed by atoms with van der Waals surface area (Å²) in [5.41, 5.74) is 1.54. The van der Waals surface area contributed by atoms with Crippen LogP contribution in [0, 0.1) is 0 Å². The van der Waals surface area contributed by atoms with Gasteiger partial charge in [0.25, 0.3) is 0 Å². The van der Waals surface area contributed by atoms with Crippen LogP contribution in [0.15, 0.2) is 101 Å². The Balaban J connectivity index is 1.48. The van der Waals surface area contributed by atoms with Crippen LogP contribution < -0.4 is 4.90 Å². The van der Waals surface area contributed by atoms with Crippen LogP contribution in [0.1, 0.15) is 0 Å². The molecular formula is C24H19N5O3S2. The van der Waals surface area contributed by atoms with E-state index in [0.29, 0.717) is 28.9 Å². The topological polar surface area (TPSA) is 98.1 Å². The highest BCUT2D eigenvalue weighted by molar-refractivity contribution is 7.99. The number of hydrogen-bond acceptors (Lipinski definition) is 7. The molecule has 2 aromatic carbocycles. The van der Waals surface area contributed by atoms with Crippen LogP contribution in [0.25, 0.3) is 11.4 Å². The van der Waals surface area contributed by atoms with Crippen molar-refractivity contribution in [2.45, 2.75) is 21.5 Å². The van der Waals surface area contributed by atoms with Crippen molar-refractivity contribution in [3.8, 4) is 11.4 Å². The fourth-order valence-corrected chi connectivity index (χ4v) is 6.27. The number of para-hydroxylation sites is 2. The average Bonchev–Trinajstić information content (AvgIpc) is 3.26. The van der Waals surface area contributed by atoms with Crippen molar-refractivity contribution in [2.24, 2.45) is 0 Å². The lowest BCUT2D eigenvalue weighted by Gasteiger charge is -2.31. The minimum atomic E-state index is -3.72. The Bertz CT molecular complexity index is 1450. The molecule has 34 heavy (non-hydrogen) atoms. The van der Waals surface area contributed by atoms with E-state index in [-0.39, 0.29) is 21.5 Å². The van der Waals surface area contributed by atoms with E-state index in [1.165, 1.54) is 28.8 Å². The highest BCUT2D eigenvalue weighted by atomic mass is 32.2. The first-order chi connectivity index (χ1) is 16.5. The molecule has 0 aliphatic carbocycles. The Labute approximate surface area is 200 Å². The Morgan fingerprint density at radius 1 is 0.941 bits per heavy atom. The predicted octanol–water partition coefficient (Wildman–Crippen LogP) is 4.13. The van der Waals surface area contributed by atoms with E-state index in [4.69, 9.17) is 0 Å². The van der Waals surface area contributed by atoms with Gasteiger partial charge >= 0.3 is 0 Å². The molecule has 0 radical (unpaired) electrons. The average molecular weight is 490 g/mol. The van der Waals surface area contributed by atoms with E-state index in [9.17, 15) is 13.2 Å². The Morgan fingerprint density at radius 3 is 2.18 bits per heavy atom. The molecule has 4 aromatic rings. The summed E-state index contributed by atoms with van der Waals surface area (Å²) < 4.78 is 28.1. The first-order valence-electron chi connectivity index (χ1n) is 10.4. The van der Waals surface area contributed by atoms with Gasteiger partial charge in [-0.15, -0.1) is 16.8 Å². The van der Waals surface area contributed by atoms with Crippen LogP contribution in [0.5, 0.6) is 0 Å². The number of benzene rings is 2. The van der Waals surface area contributed by atoms with Crippen molar-refractivity contribution in [1.29, 1.82) is 0 Å². The molecule has 2 aromatic heterocycles. The molecule has 1 amide bonds. The third kappa shape index (κ3) is 3.70. The zero-order valence-electron chi connectivity index (χ0n) is 17.9. The summed E-state index contributed by atoms with van der Waals surface area (Å²) >= 11 is 1.24. The smallest absolute Gasteiger partial charge is 0.242 e. The number of fused-ring (bicyclic) bond motifs is 2. The van der Waals surface area contributed by atoms with Crippen molar-refractivity contribution in [2.75, 3.05) is 10.7 Å². The van der Waals surface area contributed by atoms with Gasteiger partial charge in [-0.2, -0.15) is 0 Å². The third-order valence-corrected chi connectivity index (χ3v) is 8.13. The standard InChI is InChI=1S/C24H19N5O3S2/c1-2-15-28-23(17-11-13-25-14-12-17)26-27-24(28)33-16-22(30)29-18-7-3-5-9-20(18)34(31,32)21-10-6-4-8-19(21)29/h2-14H,1,15-16H2. The maximum Gasteiger partial charge on any atom is 0.242 e. The van der Waals surface area contributed by atoms with Gasteiger partial charge in [0.2, 0.25) is 15.7 Å². The lowest BCUT2D eigenvalue weighted by Crippen LogP contribution is -2.33. The second-order valence-corrected chi connectivity index (χ2v) is 10.2. The number of sulfone groups is 1. The summed E-state index contributed by atoms with van der Waals surface area (Å²) in [7, 11) is -3.72. The minimum Gasteiger partial charge on any atom is -0.298 e. The van der Waals surface area contributed by atoms with Gasteiger partial charge in [0.1, 0.15) is 0 Å². The largest absolute Gasteiger partial charge is 0.298 e. The van der Waals surface area contributed by atoms with Crippen LogP contribution in [0.4, 0.5) is 11.4 Å². The number of thioether (sulfide) groups is 1. The molecule has 0 fully saturated rings. The lowest BCUT2D eigenvalue weighted by molar-refractivity contribution is -0.115. The van der Waals surface area contributed by atoms with Gasteiger partial charge in [-0.25, -0.2) is 8.42 Å². The Morgan fingerprint density at radius 2 is 1.56 bits per heavy atom. The molecule has 1 aliphatic rings. The minimum absolute atomic E-state index is 0.0360. The first-order valence-corrected chi connectivity index (χ1v) is 12.8. The quantitative estimate of drug-likeness (QED) is 0.297. The van der Waals surface area contributed by atoms with Crippen molar-refractivity contribution >= 4 is 38.9 Å². The zero-order chi connectivity index (χ0) is 23.7. The van der Waals surface area contributed by atoms with E-state index in [2.05, 4.69) is 21.8 Å². The van der Waals surface area contributed by atoms with Gasteiger partial charge in [-0.3, -0.25) is 19.2 Å². The Kier molecular flexibility index (Phi) is 5.76. The second kappa shape index (κ2) is 8.88. The van der Waals surface area contributed by atoms with Crippen LogP contribution in [0.3, 0.4) is 0 Å². The molecule has 0 saturated carbocycles. The first kappa shape index (κ1) is 22.1. The molecule has 0 spiro atoms. The monoisotopic (exact) mass is 489 g/mol. The second-order valence-electron chi connectivity index (χ2n) is 7.40. The number of carbonyl (C=O) groups excluding carboxylic acids is 1. The van der Waals surface area contributed by atoms with Crippen molar-refractivity contribution in [3.05, 3.63) is 85.7 Å². The molecule has 0 N–H and O–H groups in total. The maximum atomic E-state index is 13.5. The van der Waals surface area contributed by atoms with Crippen molar-refractivity contribution in [1.82, 2.24) is 19.7 Å². The van der Waals surface area contributed by atoms with Crippen molar-refractivity contribution < 1.29 is 13.2 Å². The van der Waals surface area contributed by atoms with Crippen LogP contribution in [-0.4, -0.2) is 39.8 Å². The molecule has 0 saturated heterocycles. The molecular weight excluding hydrogens is 470 g/mol. The summed E-state index contributed by atoms with van der Waals surface area (Å²) in [5.74, 6) is 0.421. The number of aromatic nitrogens is 4. The maximum absolute atomic E-state index is 13.5. The number of nitrogens with zero attached hydrogens (tertiary/aromatic N) is 5. The summed E-state index contributed by atoms with van der Waals surface area (Å²) in [6.45, 7) is 4.28. The van der Waals surface area contributed by atoms with Gasteiger partial charge in [-0.1, -0.05) is 42.1 Å². The SMILES string of the molecule is C=CCn1c(SCC(=O)N2c3ccccc3S(=O)(=O)c3ccccc32)nnc1-c1ccncc1. The summed E-state index contributed by atoms with van der Waals surface area (Å²) in [6.07, 6.45) is 5.09. The number of pyridine rings is 1. The number of anilines is 2. The summed E-state index contributed by atoms with van der Waals surface area (Å²) in [4.78, 5) is 19.2. The van der Waals surface area contributed by atoms with Gasteiger partial charge in [0, 0.05) is 24.5 Å². The Hall–Kier alpha value is -3.76. The van der Waals surface area contributed by atoms with Gasteiger partial charge < -0.3 is 0 Å². The molecule has 8 nitrogen and oxygen atoms in total. The van der Waals surface area contributed by atoms with Crippen LogP contribution in [-0.2, 0) is 21.2 Å². The number of hydrogen-bond donors (Lipinski definition) is 0. The normalized spacial score (nSPS) is 13.7. The fraction of sp³-hybridized carbons (Fsp3) is 0.0833. The number of allylic oxidation sites excluding steroid dienone is 1. The lowest BCUT2D eigenvalue weighted by atomic mass is 10.2. The van der Waals surface area contributed by atoms with E-state index in [0.717, 1.165) is 5.56 Å². The molecule has 0 atom stereocenters. The van der Waals surface area contributed by atoms with E-state index >= 15 is 0 Å². The summed E-state index contributed by atoms with van der Waals surface area (Å²) in [5, 5.41) is 9.14. The van der Waals surface area contributed by atoms with Gasteiger partial charge in [0.05, 0.1) is 26.9 Å². The highest BCUT2D eigenvalue weighted by Gasteiger charge is 2.36. The predicted molar refractivity (Wildman–Crippen MR) is 130 cm³/mol. The third-order valence-electron chi connectivity index (χ3n) is 5.33. The molecule has 170 valence electrons. The molecule has 3 heterocycles. The number of rotatable bonds is 6. The van der Waals surface area contributed by atoms with E-state index in [1.807, 2.05) is 16.7 Å². The van der Waals surface area contributed by atoms with E-state index in [1.54, 1.807) is 54.9 Å². The molecule has 10 heteroatoms. The van der Waals surface area contributed by atoms with Crippen LogP contribution in [0.2, 0.25) is 0 Å². The highest BCUT2D eigenvalue weighted by Crippen LogP contribution is 2.44. The van der Waals surface area contributed by atoms with Gasteiger partial charge in [0.15, 0.2) is 11.0 Å². The molecule has 1 aliphatic heterocycles. The molecule has 5 rings (SSSR count). The van der Waals surface area contributed by atoms with Crippen molar-refractivity contribution in [3.63, 3.8) is 0 Å². The molecule has 0 unspecified atom stereocenters. The van der Waals surface area contributed by atoms with Gasteiger partial charge in [-0.05, 0) is 36.4 Å².